The number of benzene rings is 4. The summed E-state index contributed by atoms with van der Waals surface area (Å²) >= 11 is 0. The third-order valence-corrected chi connectivity index (χ3v) is 6.24. The van der Waals surface area contributed by atoms with Crippen LogP contribution in [-0.2, 0) is 30.0 Å². The topological polar surface area (TPSA) is 52.6 Å². The number of halogens is 3. The van der Waals surface area contributed by atoms with Crippen molar-refractivity contribution in [3.63, 3.8) is 0 Å². The van der Waals surface area contributed by atoms with Gasteiger partial charge in [-0.2, -0.15) is 13.2 Å². The molecule has 0 saturated carbocycles. The van der Waals surface area contributed by atoms with Crippen LogP contribution >= 0.6 is 0 Å². The molecule has 4 rings (SSSR count). The van der Waals surface area contributed by atoms with Crippen molar-refractivity contribution < 1.29 is 23.1 Å². The molecule has 0 fully saturated rings. The Kier molecular flexibility index (Phi) is 7.94. The van der Waals surface area contributed by atoms with E-state index in [9.17, 15) is 23.1 Å². The van der Waals surface area contributed by atoms with Crippen molar-refractivity contribution in [2.75, 3.05) is 4.90 Å². The van der Waals surface area contributed by atoms with Gasteiger partial charge in [0.05, 0.1) is 0 Å². The molecule has 1 unspecified atom stereocenters. The van der Waals surface area contributed by atoms with Gasteiger partial charge in [-0.3, -0.25) is 5.32 Å². The van der Waals surface area contributed by atoms with Crippen LogP contribution in [0.1, 0.15) is 22.3 Å². The van der Waals surface area contributed by atoms with Gasteiger partial charge in [-0.15, -0.1) is 0 Å². The first kappa shape index (κ1) is 26.0. The van der Waals surface area contributed by atoms with Gasteiger partial charge in [-0.05, 0) is 34.4 Å². The number of alkyl halides is 3. The summed E-state index contributed by atoms with van der Waals surface area (Å²) in [6, 6.07) is 33.5. The number of carboxylic acids is 1. The average molecular weight is 505 g/mol. The van der Waals surface area contributed by atoms with E-state index in [2.05, 4.69) is 5.32 Å². The van der Waals surface area contributed by atoms with E-state index in [1.165, 1.54) is 12.1 Å². The maximum absolute atomic E-state index is 14.4. The summed E-state index contributed by atoms with van der Waals surface area (Å²) in [6.45, 7) is 0.803. The molecule has 0 aliphatic heterocycles. The van der Waals surface area contributed by atoms with Gasteiger partial charge >= 0.3 is 12.1 Å². The molecule has 0 aliphatic carbocycles. The predicted molar refractivity (Wildman–Crippen MR) is 138 cm³/mol. The maximum Gasteiger partial charge on any atom is 0.421 e. The van der Waals surface area contributed by atoms with Gasteiger partial charge in [0, 0.05) is 25.3 Å². The van der Waals surface area contributed by atoms with Crippen LogP contribution in [0.3, 0.4) is 0 Å². The zero-order valence-electron chi connectivity index (χ0n) is 20.0. The van der Waals surface area contributed by atoms with Gasteiger partial charge in [0.25, 0.3) is 0 Å². The largest absolute Gasteiger partial charge is 0.479 e. The molecule has 4 nitrogen and oxygen atoms in total. The lowest BCUT2D eigenvalue weighted by atomic mass is 9.88. The van der Waals surface area contributed by atoms with E-state index in [1.807, 2.05) is 65.6 Å². The van der Waals surface area contributed by atoms with E-state index in [4.69, 9.17) is 0 Å². The average Bonchev–Trinajstić information content (AvgIpc) is 2.90. The van der Waals surface area contributed by atoms with E-state index in [-0.39, 0.29) is 12.1 Å². The van der Waals surface area contributed by atoms with Gasteiger partial charge in [-0.25, -0.2) is 4.79 Å². The summed E-state index contributed by atoms with van der Waals surface area (Å²) in [4.78, 5) is 14.2. The van der Waals surface area contributed by atoms with E-state index < -0.39 is 17.7 Å². The SMILES string of the molecule is O=C(O)C(NCc1ccccc1)(c1ccc(N(Cc2ccccc2)Cc2ccccc2)cc1)C(F)(F)F. The van der Waals surface area contributed by atoms with Gasteiger partial charge in [0.2, 0.25) is 5.54 Å². The fraction of sp³-hybridized carbons (Fsp3) is 0.167. The fourth-order valence-electron chi connectivity index (χ4n) is 4.29. The normalized spacial score (nSPS) is 13.1. The molecular weight excluding hydrogens is 477 g/mol. The molecule has 0 amide bonds. The Balaban J connectivity index is 1.67. The maximum atomic E-state index is 14.4. The zero-order valence-corrected chi connectivity index (χ0v) is 20.0. The van der Waals surface area contributed by atoms with Crippen LogP contribution in [0.15, 0.2) is 115 Å². The first-order valence-electron chi connectivity index (χ1n) is 11.8. The van der Waals surface area contributed by atoms with Crippen LogP contribution in [0.25, 0.3) is 0 Å². The van der Waals surface area contributed by atoms with Crippen molar-refractivity contribution in [1.82, 2.24) is 5.32 Å². The van der Waals surface area contributed by atoms with Crippen LogP contribution in [0.2, 0.25) is 0 Å². The van der Waals surface area contributed by atoms with Crippen LogP contribution < -0.4 is 10.2 Å². The van der Waals surface area contributed by atoms with Crippen molar-refractivity contribution in [3.8, 4) is 0 Å². The van der Waals surface area contributed by atoms with Crippen molar-refractivity contribution >= 4 is 11.7 Å². The highest BCUT2D eigenvalue weighted by molar-refractivity contribution is 5.82. The second-order valence-corrected chi connectivity index (χ2v) is 8.77. The number of nitrogens with zero attached hydrogens (tertiary/aromatic N) is 1. The highest BCUT2D eigenvalue weighted by Gasteiger charge is 2.62. The Morgan fingerprint density at radius 2 is 1.11 bits per heavy atom. The summed E-state index contributed by atoms with van der Waals surface area (Å²) in [7, 11) is 0. The van der Waals surface area contributed by atoms with E-state index >= 15 is 0 Å². The van der Waals surface area contributed by atoms with Crippen LogP contribution in [0.5, 0.6) is 0 Å². The number of anilines is 1. The smallest absolute Gasteiger partial charge is 0.421 e. The summed E-state index contributed by atoms with van der Waals surface area (Å²) in [5.41, 5.74) is -0.326. The third kappa shape index (κ3) is 6.01. The Morgan fingerprint density at radius 1 is 0.676 bits per heavy atom. The number of rotatable bonds is 10. The Labute approximate surface area is 214 Å². The second kappa shape index (κ2) is 11.3. The first-order valence-corrected chi connectivity index (χ1v) is 11.8. The highest BCUT2D eigenvalue weighted by atomic mass is 19.4. The Hall–Kier alpha value is -4.10. The summed E-state index contributed by atoms with van der Waals surface area (Å²) in [5, 5.41) is 12.2. The molecule has 2 N–H and O–H groups in total. The molecule has 4 aromatic carbocycles. The monoisotopic (exact) mass is 504 g/mol. The second-order valence-electron chi connectivity index (χ2n) is 8.77. The third-order valence-electron chi connectivity index (χ3n) is 6.24. The minimum Gasteiger partial charge on any atom is -0.479 e. The number of aliphatic carboxylic acids is 1. The lowest BCUT2D eigenvalue weighted by Gasteiger charge is -2.34. The van der Waals surface area contributed by atoms with E-state index in [0.717, 1.165) is 11.1 Å². The number of nitrogens with one attached hydrogen (secondary N) is 1. The Bertz CT molecular complexity index is 1240. The van der Waals surface area contributed by atoms with Gasteiger partial charge in [0.15, 0.2) is 0 Å². The van der Waals surface area contributed by atoms with Crippen molar-refractivity contribution in [3.05, 3.63) is 138 Å². The van der Waals surface area contributed by atoms with E-state index in [1.54, 1.807) is 42.5 Å². The fourth-order valence-corrected chi connectivity index (χ4v) is 4.29. The molecule has 1 atom stereocenters. The van der Waals surface area contributed by atoms with Crippen molar-refractivity contribution in [2.24, 2.45) is 0 Å². The number of carboxylic acid groups (broad SMARTS) is 1. The standard InChI is InChI=1S/C30H27F3N2O2/c31-30(32,33)29(28(36)37,34-20-23-10-4-1-5-11-23)26-16-18-27(19-17-26)35(21-24-12-6-2-7-13-24)22-25-14-8-3-9-15-25/h1-19,34H,20-22H2,(H,36,37). The number of hydrogen-bond donors (Lipinski definition) is 2. The van der Waals surface area contributed by atoms with Crippen molar-refractivity contribution in [1.29, 1.82) is 0 Å². The Morgan fingerprint density at radius 3 is 1.51 bits per heavy atom. The van der Waals surface area contributed by atoms with Gasteiger partial charge < -0.3 is 10.0 Å². The zero-order chi connectivity index (χ0) is 26.3. The molecule has 0 aromatic heterocycles. The molecule has 190 valence electrons. The molecule has 0 heterocycles. The van der Waals surface area contributed by atoms with Crippen LogP contribution in [-0.4, -0.2) is 17.3 Å². The summed E-state index contributed by atoms with van der Waals surface area (Å²) in [6.07, 6.45) is -5.08. The summed E-state index contributed by atoms with van der Waals surface area (Å²) in [5.74, 6) is -2.01. The number of carbonyl (C=O) groups is 1. The van der Waals surface area contributed by atoms with Gasteiger partial charge in [0.1, 0.15) is 0 Å². The van der Waals surface area contributed by atoms with Crippen LogP contribution in [0.4, 0.5) is 18.9 Å². The molecule has 7 heteroatoms. The molecule has 0 saturated heterocycles. The molecule has 4 aromatic rings. The summed E-state index contributed by atoms with van der Waals surface area (Å²) < 4.78 is 43.2. The van der Waals surface area contributed by atoms with Crippen molar-refractivity contribution in [2.45, 2.75) is 31.3 Å². The molecular formula is C30H27F3N2O2. The lowest BCUT2D eigenvalue weighted by molar-refractivity contribution is -0.214. The molecule has 0 radical (unpaired) electrons. The quantitative estimate of drug-likeness (QED) is 0.258. The molecule has 0 aliphatic rings. The number of hydrogen-bond acceptors (Lipinski definition) is 3. The molecule has 0 bridgehead atoms. The molecule has 0 spiro atoms. The minimum atomic E-state index is -5.08. The van der Waals surface area contributed by atoms with E-state index in [0.29, 0.717) is 24.3 Å². The van der Waals surface area contributed by atoms with Gasteiger partial charge in [-0.1, -0.05) is 103 Å². The van der Waals surface area contributed by atoms with Crippen LogP contribution in [0, 0.1) is 0 Å². The highest BCUT2D eigenvalue weighted by Crippen LogP contribution is 2.40. The molecule has 37 heavy (non-hydrogen) atoms. The lowest BCUT2D eigenvalue weighted by Crippen LogP contribution is -2.59. The first-order chi connectivity index (χ1) is 17.8. The predicted octanol–water partition coefficient (Wildman–Crippen LogP) is 6.53. The minimum absolute atomic E-state index is 0.261.